The van der Waals surface area contributed by atoms with E-state index in [0.29, 0.717) is 0 Å². The highest BCUT2D eigenvalue weighted by Crippen LogP contribution is 2.70. The van der Waals surface area contributed by atoms with Crippen LogP contribution in [0.2, 0.25) is 0 Å². The Labute approximate surface area is 48.8 Å². The standard InChI is InChI=1S/C6H10O2/c1-3-5-6(4-2,7-5)8-5/h3-4H2,1-2H3. The third kappa shape index (κ3) is 0.273. The Morgan fingerprint density at radius 2 is 1.38 bits per heavy atom. The van der Waals surface area contributed by atoms with Gasteiger partial charge in [0.1, 0.15) is 0 Å². The topological polar surface area (TPSA) is 25.1 Å². The highest BCUT2D eigenvalue weighted by Gasteiger charge is 2.88. The van der Waals surface area contributed by atoms with Crippen molar-refractivity contribution in [2.24, 2.45) is 0 Å². The molecule has 0 N–H and O–H groups in total. The van der Waals surface area contributed by atoms with E-state index in [1.54, 1.807) is 0 Å². The Morgan fingerprint density at radius 1 is 1.00 bits per heavy atom. The van der Waals surface area contributed by atoms with Crippen molar-refractivity contribution in [1.82, 2.24) is 0 Å². The zero-order chi connectivity index (χ0) is 5.83. The molecule has 0 amide bonds. The maximum absolute atomic E-state index is 5.26. The van der Waals surface area contributed by atoms with Gasteiger partial charge in [-0.15, -0.1) is 0 Å². The molecular formula is C6H10O2. The number of rotatable bonds is 2. The molecule has 8 heavy (non-hydrogen) atoms. The quantitative estimate of drug-likeness (QED) is 0.505. The van der Waals surface area contributed by atoms with E-state index in [2.05, 4.69) is 13.8 Å². The van der Waals surface area contributed by atoms with E-state index in [0.717, 1.165) is 12.8 Å². The Hall–Kier alpha value is -0.0800. The highest BCUT2D eigenvalue weighted by atomic mass is 17.0. The van der Waals surface area contributed by atoms with Gasteiger partial charge in [-0.05, 0) is 0 Å². The minimum absolute atomic E-state index is 0.0955. The lowest BCUT2D eigenvalue weighted by Gasteiger charge is -1.94. The number of epoxide rings is 2. The molecule has 2 heteroatoms. The normalized spacial score (nSPS) is 57.8. The average Bonchev–Trinajstić information content (AvgIpc) is 2.48. The second-order valence-corrected chi connectivity index (χ2v) is 2.42. The van der Waals surface area contributed by atoms with Gasteiger partial charge in [-0.3, -0.25) is 0 Å². The summed E-state index contributed by atoms with van der Waals surface area (Å²) in [5, 5.41) is 0. The second kappa shape index (κ2) is 0.957. The van der Waals surface area contributed by atoms with Crippen LogP contribution in [0.1, 0.15) is 26.7 Å². The van der Waals surface area contributed by atoms with Crippen LogP contribution in [0, 0.1) is 0 Å². The Bertz CT molecular complexity index is 110. The van der Waals surface area contributed by atoms with Gasteiger partial charge in [0.05, 0.1) is 0 Å². The molecule has 0 aromatic rings. The second-order valence-electron chi connectivity index (χ2n) is 2.42. The largest absolute Gasteiger partial charge is 0.307 e. The molecule has 0 aromatic heterocycles. The summed E-state index contributed by atoms with van der Waals surface area (Å²) in [5.74, 6) is -0.191. The van der Waals surface area contributed by atoms with Crippen molar-refractivity contribution in [3.63, 3.8) is 0 Å². The molecule has 46 valence electrons. The molecule has 0 saturated carbocycles. The van der Waals surface area contributed by atoms with Crippen molar-refractivity contribution >= 4 is 0 Å². The molecule has 2 fully saturated rings. The van der Waals surface area contributed by atoms with Crippen molar-refractivity contribution in [2.45, 2.75) is 38.3 Å². The molecule has 0 unspecified atom stereocenters. The molecule has 2 heterocycles. The van der Waals surface area contributed by atoms with Crippen molar-refractivity contribution in [3.05, 3.63) is 0 Å². The van der Waals surface area contributed by atoms with E-state index in [9.17, 15) is 0 Å². The van der Waals surface area contributed by atoms with E-state index in [4.69, 9.17) is 9.47 Å². The fraction of sp³-hybridized carbons (Fsp3) is 1.00. The van der Waals surface area contributed by atoms with Crippen molar-refractivity contribution in [2.75, 3.05) is 0 Å². The summed E-state index contributed by atoms with van der Waals surface area (Å²) in [6, 6.07) is 0. The van der Waals surface area contributed by atoms with Gasteiger partial charge in [-0.25, -0.2) is 0 Å². The summed E-state index contributed by atoms with van der Waals surface area (Å²) >= 11 is 0. The first-order valence-electron chi connectivity index (χ1n) is 3.19. The predicted octanol–water partition coefficient (Wildman–Crippen LogP) is 1.26. The van der Waals surface area contributed by atoms with E-state index >= 15 is 0 Å². The molecular weight excluding hydrogens is 104 g/mol. The first kappa shape index (κ1) is 4.77. The minimum Gasteiger partial charge on any atom is -0.307 e. The van der Waals surface area contributed by atoms with Crippen LogP contribution in [0.15, 0.2) is 0 Å². The predicted molar refractivity (Wildman–Crippen MR) is 28.2 cm³/mol. The van der Waals surface area contributed by atoms with E-state index < -0.39 is 0 Å². The minimum atomic E-state index is -0.0955. The summed E-state index contributed by atoms with van der Waals surface area (Å²) in [6.07, 6.45) is 2.00. The van der Waals surface area contributed by atoms with Gasteiger partial charge in [0.25, 0.3) is 0 Å². The van der Waals surface area contributed by atoms with Gasteiger partial charge in [0.2, 0.25) is 11.6 Å². The van der Waals surface area contributed by atoms with Crippen LogP contribution in [-0.2, 0) is 9.47 Å². The van der Waals surface area contributed by atoms with Crippen LogP contribution in [-0.4, -0.2) is 11.6 Å². The third-order valence-electron chi connectivity index (χ3n) is 2.09. The van der Waals surface area contributed by atoms with Crippen LogP contribution in [0.4, 0.5) is 0 Å². The van der Waals surface area contributed by atoms with Crippen LogP contribution < -0.4 is 0 Å². The zero-order valence-electron chi connectivity index (χ0n) is 5.23. The summed E-state index contributed by atoms with van der Waals surface area (Å²) in [4.78, 5) is 0. The molecule has 2 rings (SSSR count). The molecule has 2 aliphatic rings. The summed E-state index contributed by atoms with van der Waals surface area (Å²) in [6.45, 7) is 4.18. The van der Waals surface area contributed by atoms with Gasteiger partial charge < -0.3 is 9.47 Å². The first-order chi connectivity index (χ1) is 3.79. The van der Waals surface area contributed by atoms with Gasteiger partial charge in [-0.1, -0.05) is 13.8 Å². The summed E-state index contributed by atoms with van der Waals surface area (Å²) in [5.41, 5.74) is 0. The number of hydrogen-bond acceptors (Lipinski definition) is 2. The fourth-order valence-corrected chi connectivity index (χ4v) is 1.32. The van der Waals surface area contributed by atoms with Crippen LogP contribution in [0.5, 0.6) is 0 Å². The van der Waals surface area contributed by atoms with Gasteiger partial charge in [-0.2, -0.15) is 0 Å². The van der Waals surface area contributed by atoms with Crippen LogP contribution >= 0.6 is 0 Å². The van der Waals surface area contributed by atoms with Gasteiger partial charge in [0.15, 0.2) is 0 Å². The maximum atomic E-state index is 5.26. The number of ether oxygens (including phenoxy) is 2. The van der Waals surface area contributed by atoms with E-state index in [-0.39, 0.29) is 11.6 Å². The number of fused-ring (bicyclic) bond motifs is 1. The lowest BCUT2D eigenvalue weighted by molar-refractivity contribution is -0.0977. The molecule has 2 saturated heterocycles. The van der Waals surface area contributed by atoms with E-state index in [1.807, 2.05) is 0 Å². The van der Waals surface area contributed by atoms with Crippen LogP contribution in [0.25, 0.3) is 0 Å². The maximum Gasteiger partial charge on any atom is 0.229 e. The average molecular weight is 114 g/mol. The van der Waals surface area contributed by atoms with Crippen molar-refractivity contribution in [3.8, 4) is 0 Å². The molecule has 0 radical (unpaired) electrons. The van der Waals surface area contributed by atoms with Gasteiger partial charge in [0, 0.05) is 12.8 Å². The molecule has 0 spiro atoms. The Balaban J connectivity index is 2.04. The smallest absolute Gasteiger partial charge is 0.229 e. The molecule has 0 bridgehead atoms. The SMILES string of the molecule is CCC12OC1(CC)O2. The lowest BCUT2D eigenvalue weighted by Crippen LogP contribution is -1.95. The highest BCUT2D eigenvalue weighted by molar-refractivity contribution is 5.16. The Morgan fingerprint density at radius 3 is 1.50 bits per heavy atom. The van der Waals surface area contributed by atoms with Crippen molar-refractivity contribution < 1.29 is 9.47 Å². The summed E-state index contributed by atoms with van der Waals surface area (Å²) < 4.78 is 10.5. The van der Waals surface area contributed by atoms with E-state index in [1.165, 1.54) is 0 Å². The lowest BCUT2D eigenvalue weighted by atomic mass is 10.2. The molecule has 0 aromatic carbocycles. The molecule has 0 atom stereocenters. The molecule has 2 aliphatic heterocycles. The van der Waals surface area contributed by atoms with Crippen LogP contribution in [0.3, 0.4) is 0 Å². The molecule has 2 nitrogen and oxygen atoms in total. The zero-order valence-corrected chi connectivity index (χ0v) is 5.23. The van der Waals surface area contributed by atoms with Crippen molar-refractivity contribution in [1.29, 1.82) is 0 Å². The fourth-order valence-electron chi connectivity index (χ4n) is 1.32. The monoisotopic (exact) mass is 114 g/mol. The molecule has 0 aliphatic carbocycles. The third-order valence-corrected chi connectivity index (χ3v) is 2.09. The Kier molecular flexibility index (Phi) is 0.570. The first-order valence-corrected chi connectivity index (χ1v) is 3.19. The summed E-state index contributed by atoms with van der Waals surface area (Å²) in [7, 11) is 0. The van der Waals surface area contributed by atoms with Gasteiger partial charge >= 0.3 is 0 Å². The number of hydrogen-bond donors (Lipinski definition) is 0.